The molecule has 0 spiro atoms. The maximum atomic E-state index is 10.8. The number of carbonyl (C=O) groups excluding carboxylic acids is 1. The zero-order chi connectivity index (χ0) is 8.27. The molecule has 0 atom stereocenters. The first-order chi connectivity index (χ1) is 5.24. The monoisotopic (exact) mass is 159 g/mol. The molecular weight excluding hydrogens is 146 g/mol. The summed E-state index contributed by atoms with van der Waals surface area (Å²) in [5, 5.41) is 8.31. The van der Waals surface area contributed by atoms with E-state index in [1.165, 1.54) is 0 Å². The Hall–Kier alpha value is -0.610. The van der Waals surface area contributed by atoms with Gasteiger partial charge in [0.2, 0.25) is 5.91 Å². The van der Waals surface area contributed by atoms with Crippen molar-refractivity contribution in [3.8, 4) is 0 Å². The van der Waals surface area contributed by atoms with Gasteiger partial charge in [-0.3, -0.25) is 10.1 Å². The largest absolute Gasteiger partial charge is 0.343 e. The van der Waals surface area contributed by atoms with Crippen LogP contribution in [-0.4, -0.2) is 35.3 Å². The summed E-state index contributed by atoms with van der Waals surface area (Å²) in [6.07, 6.45) is 1.39. The number of likely N-dealkylation sites (tertiary alicyclic amines) is 1. The Labute approximate surface area is 65.7 Å². The molecule has 0 aromatic carbocycles. The SMILES string of the molecule is CC(=O)N1CCC(OO)CC1. The van der Waals surface area contributed by atoms with Gasteiger partial charge in [-0.25, -0.2) is 4.89 Å². The Balaban J connectivity index is 2.30. The number of nitrogens with zero attached hydrogens (tertiary/aromatic N) is 1. The van der Waals surface area contributed by atoms with Crippen LogP contribution in [0.4, 0.5) is 0 Å². The molecule has 0 radical (unpaired) electrons. The summed E-state index contributed by atoms with van der Waals surface area (Å²) in [6.45, 7) is 2.95. The van der Waals surface area contributed by atoms with E-state index in [1.807, 2.05) is 0 Å². The summed E-state index contributed by atoms with van der Waals surface area (Å²) in [5.74, 6) is 0.0985. The average Bonchev–Trinajstić information content (AvgIpc) is 2.05. The molecule has 11 heavy (non-hydrogen) atoms. The molecule has 1 amide bonds. The number of carbonyl (C=O) groups is 1. The van der Waals surface area contributed by atoms with Crippen molar-refractivity contribution in [2.24, 2.45) is 0 Å². The van der Waals surface area contributed by atoms with Crippen LogP contribution in [0, 0.1) is 0 Å². The summed E-state index contributed by atoms with van der Waals surface area (Å²) in [4.78, 5) is 16.8. The minimum atomic E-state index is -0.0781. The molecule has 1 aliphatic rings. The lowest BCUT2D eigenvalue weighted by molar-refractivity contribution is -0.285. The van der Waals surface area contributed by atoms with Gasteiger partial charge in [0.25, 0.3) is 0 Å². The first kappa shape index (κ1) is 8.49. The van der Waals surface area contributed by atoms with Crippen molar-refractivity contribution < 1.29 is 14.9 Å². The molecule has 4 heteroatoms. The van der Waals surface area contributed by atoms with Crippen LogP contribution in [0.25, 0.3) is 0 Å². The lowest BCUT2D eigenvalue weighted by Crippen LogP contribution is -2.39. The van der Waals surface area contributed by atoms with Crippen molar-refractivity contribution in [3.05, 3.63) is 0 Å². The van der Waals surface area contributed by atoms with Gasteiger partial charge in [-0.1, -0.05) is 0 Å². The van der Waals surface area contributed by atoms with Crippen molar-refractivity contribution in [2.75, 3.05) is 13.1 Å². The van der Waals surface area contributed by atoms with Crippen LogP contribution in [0.5, 0.6) is 0 Å². The molecule has 0 aromatic rings. The van der Waals surface area contributed by atoms with Crippen LogP contribution in [0.1, 0.15) is 19.8 Å². The molecule has 1 aliphatic heterocycles. The predicted octanol–water partition coefficient (Wildman–Crippen LogP) is 0.487. The summed E-state index contributed by atoms with van der Waals surface area (Å²) >= 11 is 0. The van der Waals surface area contributed by atoms with E-state index < -0.39 is 0 Å². The molecule has 1 heterocycles. The minimum Gasteiger partial charge on any atom is -0.343 e. The quantitative estimate of drug-likeness (QED) is 0.447. The van der Waals surface area contributed by atoms with Crippen LogP contribution in [0.2, 0.25) is 0 Å². The zero-order valence-electron chi connectivity index (χ0n) is 6.62. The van der Waals surface area contributed by atoms with Crippen LogP contribution >= 0.6 is 0 Å². The number of hydrogen-bond acceptors (Lipinski definition) is 3. The lowest BCUT2D eigenvalue weighted by Gasteiger charge is -2.29. The van der Waals surface area contributed by atoms with E-state index >= 15 is 0 Å². The van der Waals surface area contributed by atoms with Gasteiger partial charge < -0.3 is 4.90 Å². The van der Waals surface area contributed by atoms with E-state index in [0.717, 1.165) is 12.8 Å². The molecule has 64 valence electrons. The summed E-state index contributed by atoms with van der Waals surface area (Å²) in [5.41, 5.74) is 0. The fourth-order valence-corrected chi connectivity index (χ4v) is 1.28. The molecule has 0 saturated carbocycles. The maximum Gasteiger partial charge on any atom is 0.219 e. The first-order valence-corrected chi connectivity index (χ1v) is 3.79. The number of hydrogen-bond donors (Lipinski definition) is 1. The van der Waals surface area contributed by atoms with Gasteiger partial charge in [0.05, 0.1) is 6.10 Å². The Morgan fingerprint density at radius 3 is 2.45 bits per heavy atom. The van der Waals surface area contributed by atoms with Crippen LogP contribution < -0.4 is 0 Å². The Kier molecular flexibility index (Phi) is 2.84. The molecule has 4 nitrogen and oxygen atoms in total. The Bertz CT molecular complexity index is 141. The average molecular weight is 159 g/mol. The fourth-order valence-electron chi connectivity index (χ4n) is 1.28. The van der Waals surface area contributed by atoms with E-state index in [2.05, 4.69) is 4.89 Å². The fraction of sp³-hybridized carbons (Fsp3) is 0.857. The summed E-state index contributed by atoms with van der Waals surface area (Å²) in [6, 6.07) is 0. The van der Waals surface area contributed by atoms with Crippen molar-refractivity contribution in [1.29, 1.82) is 0 Å². The van der Waals surface area contributed by atoms with Gasteiger partial charge in [0.1, 0.15) is 0 Å². The van der Waals surface area contributed by atoms with Gasteiger partial charge in [0.15, 0.2) is 0 Å². The summed E-state index contributed by atoms with van der Waals surface area (Å²) < 4.78 is 0. The van der Waals surface area contributed by atoms with Crippen LogP contribution in [0.3, 0.4) is 0 Å². The van der Waals surface area contributed by atoms with Gasteiger partial charge in [-0.05, 0) is 12.8 Å². The predicted molar refractivity (Wildman–Crippen MR) is 39.0 cm³/mol. The molecule has 0 bridgehead atoms. The molecule has 1 rings (SSSR count). The standard InChI is InChI=1S/C7H13NO3/c1-6(9)8-4-2-7(11-10)3-5-8/h7,10H,2-5H2,1H3. The zero-order valence-corrected chi connectivity index (χ0v) is 6.62. The van der Waals surface area contributed by atoms with E-state index in [0.29, 0.717) is 13.1 Å². The molecule has 1 N–H and O–H groups in total. The normalized spacial score (nSPS) is 20.4. The van der Waals surface area contributed by atoms with Crippen LogP contribution in [-0.2, 0) is 9.68 Å². The van der Waals surface area contributed by atoms with Crippen molar-refractivity contribution in [3.63, 3.8) is 0 Å². The second-order valence-corrected chi connectivity index (χ2v) is 2.81. The smallest absolute Gasteiger partial charge is 0.219 e. The Morgan fingerprint density at radius 1 is 1.55 bits per heavy atom. The number of rotatable bonds is 1. The highest BCUT2D eigenvalue weighted by Gasteiger charge is 2.20. The highest BCUT2D eigenvalue weighted by molar-refractivity contribution is 5.73. The molecule has 1 saturated heterocycles. The maximum absolute atomic E-state index is 10.8. The van der Waals surface area contributed by atoms with Crippen molar-refractivity contribution in [2.45, 2.75) is 25.9 Å². The van der Waals surface area contributed by atoms with Gasteiger partial charge >= 0.3 is 0 Å². The second-order valence-electron chi connectivity index (χ2n) is 2.81. The third-order valence-electron chi connectivity index (χ3n) is 2.04. The third-order valence-corrected chi connectivity index (χ3v) is 2.04. The topological polar surface area (TPSA) is 49.8 Å². The van der Waals surface area contributed by atoms with Crippen molar-refractivity contribution in [1.82, 2.24) is 4.90 Å². The Morgan fingerprint density at radius 2 is 2.09 bits per heavy atom. The van der Waals surface area contributed by atoms with Gasteiger partial charge in [-0.2, -0.15) is 0 Å². The minimum absolute atomic E-state index is 0.0781. The number of amides is 1. The van der Waals surface area contributed by atoms with Crippen LogP contribution in [0.15, 0.2) is 0 Å². The molecular formula is C7H13NO3. The van der Waals surface area contributed by atoms with E-state index in [-0.39, 0.29) is 12.0 Å². The van der Waals surface area contributed by atoms with E-state index in [4.69, 9.17) is 5.26 Å². The third kappa shape index (κ3) is 2.17. The van der Waals surface area contributed by atoms with Gasteiger partial charge in [-0.15, -0.1) is 0 Å². The molecule has 0 aliphatic carbocycles. The second kappa shape index (κ2) is 3.69. The van der Waals surface area contributed by atoms with E-state index in [1.54, 1.807) is 11.8 Å². The number of piperidine rings is 1. The lowest BCUT2D eigenvalue weighted by atomic mass is 10.1. The summed E-state index contributed by atoms with van der Waals surface area (Å²) in [7, 11) is 0. The highest BCUT2D eigenvalue weighted by Crippen LogP contribution is 2.12. The van der Waals surface area contributed by atoms with E-state index in [9.17, 15) is 4.79 Å². The van der Waals surface area contributed by atoms with Gasteiger partial charge in [0, 0.05) is 20.0 Å². The highest BCUT2D eigenvalue weighted by atomic mass is 17.1. The van der Waals surface area contributed by atoms with Crippen molar-refractivity contribution >= 4 is 5.91 Å². The molecule has 0 aromatic heterocycles. The first-order valence-electron chi connectivity index (χ1n) is 3.79. The molecule has 1 fully saturated rings. The molecule has 0 unspecified atom stereocenters.